The van der Waals surface area contributed by atoms with Gasteiger partial charge in [-0.3, -0.25) is 4.90 Å². The van der Waals surface area contributed by atoms with Crippen LogP contribution in [0.5, 0.6) is 0 Å². The smallest absolute Gasteiger partial charge is 0.417 e. The maximum Gasteiger partial charge on any atom is 0.417 e. The fourth-order valence-electron chi connectivity index (χ4n) is 3.08. The van der Waals surface area contributed by atoms with Gasteiger partial charge in [-0.1, -0.05) is 48.0 Å². The lowest BCUT2D eigenvalue weighted by Gasteiger charge is -2.30. The molecule has 2 aromatic carbocycles. The number of aromatic nitrogens is 2. The summed E-state index contributed by atoms with van der Waals surface area (Å²) in [7, 11) is 1.96. The van der Waals surface area contributed by atoms with Gasteiger partial charge in [-0.2, -0.15) is 0 Å². The third kappa shape index (κ3) is 7.06. The summed E-state index contributed by atoms with van der Waals surface area (Å²) in [5, 5.41) is 3.26. The second kappa shape index (κ2) is 10.2. The van der Waals surface area contributed by atoms with E-state index in [1.165, 1.54) is 16.8 Å². The zero-order valence-corrected chi connectivity index (χ0v) is 19.4. The highest BCUT2D eigenvalue weighted by molar-refractivity contribution is 5.87. The summed E-state index contributed by atoms with van der Waals surface area (Å²) < 4.78 is 5.66. The number of benzene rings is 2. The van der Waals surface area contributed by atoms with Crippen molar-refractivity contribution >= 4 is 23.4 Å². The third-order valence-electron chi connectivity index (χ3n) is 4.55. The first-order valence-corrected chi connectivity index (χ1v) is 10.6. The Bertz CT molecular complexity index is 1020. The standard InChI is InChI=1S/C25H31N5O2/c1-19-11-13-21(14-12-19)28-22-15-23(27-17-26-22)30(24(31)32-25(2,3)4)18-29(5)16-20-9-7-6-8-10-20/h6-15,17H,16,18H2,1-5H3,(H,26,27,28). The molecule has 3 aromatic rings. The van der Waals surface area contributed by atoms with Crippen LogP contribution in [0.15, 0.2) is 67.0 Å². The van der Waals surface area contributed by atoms with Gasteiger partial charge in [-0.05, 0) is 52.4 Å². The average Bonchev–Trinajstić information content (AvgIpc) is 2.73. The highest BCUT2D eigenvalue weighted by Crippen LogP contribution is 2.21. The van der Waals surface area contributed by atoms with Crippen LogP contribution >= 0.6 is 0 Å². The molecular formula is C25H31N5O2. The monoisotopic (exact) mass is 433 g/mol. The summed E-state index contributed by atoms with van der Waals surface area (Å²) in [6.07, 6.45) is 0.984. The van der Waals surface area contributed by atoms with Gasteiger partial charge in [-0.15, -0.1) is 0 Å². The Morgan fingerprint density at radius 3 is 2.38 bits per heavy atom. The lowest BCUT2D eigenvalue weighted by molar-refractivity contribution is 0.0558. The largest absolute Gasteiger partial charge is 0.443 e. The van der Waals surface area contributed by atoms with E-state index in [0.717, 1.165) is 11.3 Å². The normalized spacial score (nSPS) is 11.3. The van der Waals surface area contributed by atoms with Crippen molar-refractivity contribution in [1.29, 1.82) is 0 Å². The van der Waals surface area contributed by atoms with Gasteiger partial charge in [0.1, 0.15) is 23.6 Å². The molecule has 0 saturated carbocycles. The third-order valence-corrected chi connectivity index (χ3v) is 4.55. The van der Waals surface area contributed by atoms with Crippen molar-refractivity contribution in [2.75, 3.05) is 23.9 Å². The molecule has 0 unspecified atom stereocenters. The van der Waals surface area contributed by atoms with Crippen LogP contribution in [0.4, 0.5) is 22.1 Å². The number of ether oxygens (including phenoxy) is 1. The number of anilines is 3. The van der Waals surface area contributed by atoms with Crippen molar-refractivity contribution in [2.45, 2.75) is 39.8 Å². The van der Waals surface area contributed by atoms with E-state index in [9.17, 15) is 4.79 Å². The number of nitrogens with one attached hydrogen (secondary N) is 1. The van der Waals surface area contributed by atoms with Crippen LogP contribution in [0, 0.1) is 6.92 Å². The van der Waals surface area contributed by atoms with E-state index < -0.39 is 11.7 Å². The molecule has 0 atom stereocenters. The predicted molar refractivity (Wildman–Crippen MR) is 128 cm³/mol. The molecule has 1 aromatic heterocycles. The molecule has 168 valence electrons. The van der Waals surface area contributed by atoms with Gasteiger partial charge in [-0.25, -0.2) is 19.7 Å². The minimum absolute atomic E-state index is 0.310. The van der Waals surface area contributed by atoms with Crippen molar-refractivity contribution in [1.82, 2.24) is 14.9 Å². The fourth-order valence-corrected chi connectivity index (χ4v) is 3.08. The number of rotatable bonds is 7. The van der Waals surface area contributed by atoms with Crippen LogP contribution in [0.25, 0.3) is 0 Å². The molecule has 0 aliphatic heterocycles. The number of carbonyl (C=O) groups excluding carboxylic acids is 1. The van der Waals surface area contributed by atoms with Crippen LogP contribution in [-0.4, -0.2) is 40.3 Å². The Kier molecular flexibility index (Phi) is 7.43. The summed E-state index contributed by atoms with van der Waals surface area (Å²) in [6, 6.07) is 19.9. The molecule has 0 aliphatic rings. The van der Waals surface area contributed by atoms with Gasteiger partial charge in [0.15, 0.2) is 0 Å². The molecule has 0 saturated heterocycles. The first-order chi connectivity index (χ1) is 15.2. The summed E-state index contributed by atoms with van der Waals surface area (Å²) in [6.45, 7) is 8.57. The van der Waals surface area contributed by atoms with E-state index in [1.54, 1.807) is 6.07 Å². The van der Waals surface area contributed by atoms with Crippen LogP contribution in [0.2, 0.25) is 0 Å². The maximum absolute atomic E-state index is 13.1. The second-order valence-electron chi connectivity index (χ2n) is 8.80. The lowest BCUT2D eigenvalue weighted by Crippen LogP contribution is -2.43. The van der Waals surface area contributed by atoms with Crippen molar-refractivity contribution in [3.05, 3.63) is 78.1 Å². The number of aryl methyl sites for hydroxylation is 1. The number of carbonyl (C=O) groups is 1. The molecule has 0 spiro atoms. The molecule has 0 fully saturated rings. The first kappa shape index (κ1) is 23.2. The highest BCUT2D eigenvalue weighted by Gasteiger charge is 2.25. The molecule has 7 heteroatoms. The Hall–Kier alpha value is -3.45. The Balaban J connectivity index is 1.81. The summed E-state index contributed by atoms with van der Waals surface area (Å²) in [5.74, 6) is 1.06. The van der Waals surface area contributed by atoms with Crippen LogP contribution in [0.1, 0.15) is 31.9 Å². The number of nitrogens with zero attached hydrogens (tertiary/aromatic N) is 4. The highest BCUT2D eigenvalue weighted by atomic mass is 16.6. The zero-order chi connectivity index (χ0) is 23.1. The first-order valence-electron chi connectivity index (χ1n) is 10.6. The molecule has 1 N–H and O–H groups in total. The summed E-state index contributed by atoms with van der Waals surface area (Å²) in [4.78, 5) is 25.3. The molecule has 1 amide bonds. The van der Waals surface area contributed by atoms with Crippen molar-refractivity contribution in [3.63, 3.8) is 0 Å². The summed E-state index contributed by atoms with van der Waals surface area (Å²) >= 11 is 0. The molecule has 0 radical (unpaired) electrons. The molecule has 7 nitrogen and oxygen atoms in total. The van der Waals surface area contributed by atoms with Gasteiger partial charge in [0, 0.05) is 18.3 Å². The number of amides is 1. The fraction of sp³-hybridized carbons (Fsp3) is 0.320. The SMILES string of the molecule is Cc1ccc(Nc2cc(N(CN(C)Cc3ccccc3)C(=O)OC(C)(C)C)ncn2)cc1. The maximum atomic E-state index is 13.1. The Labute approximate surface area is 190 Å². The zero-order valence-electron chi connectivity index (χ0n) is 19.4. The molecule has 0 aliphatic carbocycles. The van der Waals surface area contributed by atoms with E-state index in [1.807, 2.05) is 82.1 Å². The summed E-state index contributed by atoms with van der Waals surface area (Å²) in [5.41, 5.74) is 2.62. The van der Waals surface area contributed by atoms with Crippen LogP contribution in [-0.2, 0) is 11.3 Å². The minimum Gasteiger partial charge on any atom is -0.443 e. The van der Waals surface area contributed by atoms with Crippen LogP contribution in [0.3, 0.4) is 0 Å². The minimum atomic E-state index is -0.622. The predicted octanol–water partition coefficient (Wildman–Crippen LogP) is 5.36. The Morgan fingerprint density at radius 2 is 1.72 bits per heavy atom. The number of hydrogen-bond acceptors (Lipinski definition) is 6. The van der Waals surface area contributed by atoms with Gasteiger partial charge in [0.2, 0.25) is 0 Å². The van der Waals surface area contributed by atoms with Crippen LogP contribution < -0.4 is 10.2 Å². The van der Waals surface area contributed by atoms with Gasteiger partial charge in [0.05, 0.1) is 6.67 Å². The molecular weight excluding hydrogens is 402 g/mol. The van der Waals surface area contributed by atoms with Crippen molar-refractivity contribution < 1.29 is 9.53 Å². The molecule has 32 heavy (non-hydrogen) atoms. The van der Waals surface area contributed by atoms with Crippen molar-refractivity contribution in [3.8, 4) is 0 Å². The van der Waals surface area contributed by atoms with E-state index >= 15 is 0 Å². The van der Waals surface area contributed by atoms with E-state index in [-0.39, 0.29) is 0 Å². The quantitative estimate of drug-likeness (QED) is 0.506. The van der Waals surface area contributed by atoms with Gasteiger partial charge < -0.3 is 10.1 Å². The van der Waals surface area contributed by atoms with E-state index in [0.29, 0.717) is 24.8 Å². The molecule has 0 bridgehead atoms. The van der Waals surface area contributed by atoms with Crippen molar-refractivity contribution in [2.24, 2.45) is 0 Å². The van der Waals surface area contributed by atoms with Gasteiger partial charge >= 0.3 is 6.09 Å². The van der Waals surface area contributed by atoms with E-state index in [2.05, 4.69) is 27.4 Å². The molecule has 1 heterocycles. The molecule has 3 rings (SSSR count). The Morgan fingerprint density at radius 1 is 1.03 bits per heavy atom. The lowest BCUT2D eigenvalue weighted by atomic mass is 10.2. The van der Waals surface area contributed by atoms with Gasteiger partial charge in [0.25, 0.3) is 0 Å². The van der Waals surface area contributed by atoms with E-state index in [4.69, 9.17) is 4.74 Å². The average molecular weight is 434 g/mol. The topological polar surface area (TPSA) is 70.6 Å². The second-order valence-corrected chi connectivity index (χ2v) is 8.80. The number of hydrogen-bond donors (Lipinski definition) is 1.